The van der Waals surface area contributed by atoms with Crippen LogP contribution >= 0.6 is 0 Å². The minimum atomic E-state index is -4.68. The quantitative estimate of drug-likeness (QED) is 0.641. The van der Waals surface area contributed by atoms with E-state index in [4.69, 9.17) is 5.11 Å². The molecule has 0 radical (unpaired) electrons. The molecule has 0 aliphatic carbocycles. The van der Waals surface area contributed by atoms with Crippen LogP contribution < -0.4 is 5.32 Å². The van der Waals surface area contributed by atoms with E-state index in [9.17, 15) is 23.3 Å². The van der Waals surface area contributed by atoms with Gasteiger partial charge in [0.2, 0.25) is 0 Å². The molecule has 0 amide bonds. The van der Waals surface area contributed by atoms with Crippen molar-refractivity contribution < 1.29 is 23.2 Å². The number of anilines is 1. The van der Waals surface area contributed by atoms with Crippen molar-refractivity contribution in [2.45, 2.75) is 13.1 Å². The van der Waals surface area contributed by atoms with Gasteiger partial charge < -0.3 is 10.4 Å². The van der Waals surface area contributed by atoms with Gasteiger partial charge in [-0.25, -0.2) is 0 Å². The van der Waals surface area contributed by atoms with E-state index in [2.05, 4.69) is 5.32 Å². The summed E-state index contributed by atoms with van der Waals surface area (Å²) in [5.74, 6) is -0.226. The summed E-state index contributed by atoms with van der Waals surface area (Å²) in [6.07, 6.45) is -4.68. The Labute approximate surface area is 107 Å². The molecule has 1 atom stereocenters. The molecule has 0 bridgehead atoms. The average Bonchev–Trinajstić information content (AvgIpc) is 2.34. The summed E-state index contributed by atoms with van der Waals surface area (Å²) in [5, 5.41) is 21.8. The number of halogens is 3. The lowest BCUT2D eigenvalue weighted by Crippen LogP contribution is -2.17. The van der Waals surface area contributed by atoms with Crippen LogP contribution in [0.1, 0.15) is 12.5 Å². The Balaban J connectivity index is 3.06. The Bertz CT molecular complexity index is 463. The fourth-order valence-electron chi connectivity index (χ4n) is 1.38. The van der Waals surface area contributed by atoms with Gasteiger partial charge in [0.1, 0.15) is 0 Å². The topological polar surface area (TPSA) is 75.4 Å². The zero-order valence-corrected chi connectivity index (χ0v) is 10.1. The van der Waals surface area contributed by atoms with Gasteiger partial charge in [0, 0.05) is 31.0 Å². The molecule has 0 saturated heterocycles. The van der Waals surface area contributed by atoms with Crippen molar-refractivity contribution in [2.75, 3.05) is 18.5 Å². The number of rotatable bonds is 5. The Hall–Kier alpha value is -1.83. The molecule has 0 spiro atoms. The van der Waals surface area contributed by atoms with Gasteiger partial charge >= 0.3 is 6.18 Å². The highest BCUT2D eigenvalue weighted by Gasteiger charge is 2.35. The highest BCUT2D eigenvalue weighted by atomic mass is 19.4. The number of benzene rings is 1. The second-order valence-corrected chi connectivity index (χ2v) is 4.15. The lowest BCUT2D eigenvalue weighted by atomic mass is 10.1. The van der Waals surface area contributed by atoms with Crippen LogP contribution in [0.2, 0.25) is 0 Å². The first-order valence-electron chi connectivity index (χ1n) is 5.46. The molecular formula is C11H13F3N2O3. The fraction of sp³-hybridized carbons (Fsp3) is 0.455. The molecule has 0 heterocycles. The summed E-state index contributed by atoms with van der Waals surface area (Å²) in [7, 11) is 0. The molecule has 8 heteroatoms. The summed E-state index contributed by atoms with van der Waals surface area (Å²) in [4.78, 5) is 9.61. The second-order valence-electron chi connectivity index (χ2n) is 4.15. The third kappa shape index (κ3) is 4.09. The summed E-state index contributed by atoms with van der Waals surface area (Å²) in [6, 6.07) is 2.51. The monoisotopic (exact) mass is 278 g/mol. The molecule has 5 nitrogen and oxygen atoms in total. The summed E-state index contributed by atoms with van der Waals surface area (Å²) >= 11 is 0. The maximum absolute atomic E-state index is 12.8. The van der Waals surface area contributed by atoms with Crippen LogP contribution in [0.4, 0.5) is 24.5 Å². The van der Waals surface area contributed by atoms with Crippen LogP contribution in [0.5, 0.6) is 0 Å². The largest absolute Gasteiger partial charge is 0.418 e. The first-order valence-corrected chi connectivity index (χ1v) is 5.46. The number of nitro benzene ring substituents is 1. The van der Waals surface area contributed by atoms with Crippen molar-refractivity contribution in [1.29, 1.82) is 0 Å². The van der Waals surface area contributed by atoms with Crippen LogP contribution in [-0.4, -0.2) is 23.2 Å². The lowest BCUT2D eigenvalue weighted by molar-refractivity contribution is -0.385. The minimum Gasteiger partial charge on any atom is -0.396 e. The molecule has 1 unspecified atom stereocenters. The summed E-state index contributed by atoms with van der Waals surface area (Å²) in [6.45, 7) is 1.63. The van der Waals surface area contributed by atoms with Crippen LogP contribution in [-0.2, 0) is 6.18 Å². The first-order chi connectivity index (χ1) is 8.75. The van der Waals surface area contributed by atoms with Gasteiger partial charge in [-0.2, -0.15) is 13.2 Å². The zero-order chi connectivity index (χ0) is 14.6. The number of aliphatic hydroxyl groups is 1. The normalized spacial score (nSPS) is 13.1. The highest BCUT2D eigenvalue weighted by molar-refractivity contribution is 5.57. The molecule has 19 heavy (non-hydrogen) atoms. The van der Waals surface area contributed by atoms with Gasteiger partial charge in [0.05, 0.1) is 10.5 Å². The smallest absolute Gasteiger partial charge is 0.396 e. The van der Waals surface area contributed by atoms with E-state index in [0.717, 1.165) is 12.1 Å². The molecule has 0 aromatic heterocycles. The van der Waals surface area contributed by atoms with Crippen LogP contribution in [0, 0.1) is 16.0 Å². The number of hydrogen-bond donors (Lipinski definition) is 2. The molecule has 0 saturated carbocycles. The van der Waals surface area contributed by atoms with Crippen molar-refractivity contribution in [3.63, 3.8) is 0 Å². The highest BCUT2D eigenvalue weighted by Crippen LogP contribution is 2.37. The Morgan fingerprint density at radius 1 is 1.47 bits per heavy atom. The van der Waals surface area contributed by atoms with Crippen molar-refractivity contribution >= 4 is 11.4 Å². The second kappa shape index (κ2) is 5.87. The average molecular weight is 278 g/mol. The number of nitro groups is 1. The maximum Gasteiger partial charge on any atom is 0.418 e. The Morgan fingerprint density at radius 3 is 2.58 bits per heavy atom. The Kier molecular flexibility index (Phi) is 4.71. The fourth-order valence-corrected chi connectivity index (χ4v) is 1.38. The SMILES string of the molecule is CC(CO)CNc1ccc([N+](=O)[O-])cc1C(F)(F)F. The van der Waals surface area contributed by atoms with Gasteiger partial charge in [-0.15, -0.1) is 0 Å². The third-order valence-corrected chi connectivity index (χ3v) is 2.47. The van der Waals surface area contributed by atoms with Gasteiger partial charge in [-0.05, 0) is 12.0 Å². The van der Waals surface area contributed by atoms with E-state index in [1.807, 2.05) is 0 Å². The van der Waals surface area contributed by atoms with E-state index < -0.39 is 22.4 Å². The summed E-state index contributed by atoms with van der Waals surface area (Å²) < 4.78 is 38.4. The standard InChI is InChI=1S/C11H13F3N2O3/c1-7(6-17)5-15-10-3-2-8(16(18)19)4-9(10)11(12,13)14/h2-4,7,15,17H,5-6H2,1H3. The first kappa shape index (κ1) is 15.2. The number of non-ortho nitro benzene ring substituents is 1. The molecule has 1 aromatic carbocycles. The third-order valence-electron chi connectivity index (χ3n) is 2.47. The van der Waals surface area contributed by atoms with Crippen molar-refractivity contribution in [2.24, 2.45) is 5.92 Å². The lowest BCUT2D eigenvalue weighted by Gasteiger charge is -2.16. The molecular weight excluding hydrogens is 265 g/mol. The van der Waals surface area contributed by atoms with Crippen LogP contribution in [0.15, 0.2) is 18.2 Å². The van der Waals surface area contributed by atoms with E-state index >= 15 is 0 Å². The van der Waals surface area contributed by atoms with E-state index in [1.165, 1.54) is 0 Å². The van der Waals surface area contributed by atoms with Gasteiger partial charge in [-0.1, -0.05) is 6.92 Å². The van der Waals surface area contributed by atoms with Crippen molar-refractivity contribution in [3.8, 4) is 0 Å². The number of aliphatic hydroxyl groups excluding tert-OH is 1. The maximum atomic E-state index is 12.8. The molecule has 0 aliphatic heterocycles. The predicted octanol–water partition coefficient (Wildman–Crippen LogP) is 2.65. The van der Waals surface area contributed by atoms with Gasteiger partial charge in [0.25, 0.3) is 5.69 Å². The van der Waals surface area contributed by atoms with E-state index in [-0.39, 0.29) is 24.8 Å². The van der Waals surface area contributed by atoms with Crippen LogP contribution in [0.3, 0.4) is 0 Å². The number of alkyl halides is 3. The molecule has 106 valence electrons. The molecule has 0 fully saturated rings. The summed E-state index contributed by atoms with van der Waals surface area (Å²) in [5.41, 5.74) is -1.95. The molecule has 1 rings (SSSR count). The number of hydrogen-bond acceptors (Lipinski definition) is 4. The van der Waals surface area contributed by atoms with E-state index in [0.29, 0.717) is 6.07 Å². The molecule has 0 aliphatic rings. The zero-order valence-electron chi connectivity index (χ0n) is 10.1. The van der Waals surface area contributed by atoms with Crippen LogP contribution in [0.25, 0.3) is 0 Å². The predicted molar refractivity (Wildman–Crippen MR) is 62.8 cm³/mol. The van der Waals surface area contributed by atoms with E-state index in [1.54, 1.807) is 6.92 Å². The van der Waals surface area contributed by atoms with Gasteiger partial charge in [0.15, 0.2) is 0 Å². The number of nitrogens with one attached hydrogen (secondary N) is 1. The molecule has 1 aromatic rings. The molecule has 2 N–H and O–H groups in total. The van der Waals surface area contributed by atoms with Crippen molar-refractivity contribution in [3.05, 3.63) is 33.9 Å². The van der Waals surface area contributed by atoms with Crippen molar-refractivity contribution in [1.82, 2.24) is 0 Å². The minimum absolute atomic E-state index is 0.136. The van der Waals surface area contributed by atoms with Gasteiger partial charge in [-0.3, -0.25) is 10.1 Å². The Morgan fingerprint density at radius 2 is 2.11 bits per heavy atom. The number of nitrogens with zero attached hydrogens (tertiary/aromatic N) is 1.